The first-order valence-corrected chi connectivity index (χ1v) is 6.83. The fourth-order valence-corrected chi connectivity index (χ4v) is 2.48. The van der Waals surface area contributed by atoms with Crippen molar-refractivity contribution in [3.05, 3.63) is 12.4 Å². The molecule has 19 heavy (non-hydrogen) atoms. The minimum atomic E-state index is 0.499. The van der Waals surface area contributed by atoms with E-state index in [1.165, 1.54) is 0 Å². The summed E-state index contributed by atoms with van der Waals surface area (Å²) < 4.78 is 5.11. The van der Waals surface area contributed by atoms with Crippen LogP contribution in [0.1, 0.15) is 13.3 Å². The summed E-state index contributed by atoms with van der Waals surface area (Å²) in [6.07, 6.45) is 4.52. The number of piperazine rings is 1. The predicted octanol–water partition coefficient (Wildman–Crippen LogP) is 0.345. The summed E-state index contributed by atoms with van der Waals surface area (Å²) >= 11 is 0. The lowest BCUT2D eigenvalue weighted by molar-refractivity contribution is 0.184. The molecule has 0 aliphatic carbocycles. The molecule has 1 atom stereocenters. The molecule has 6 nitrogen and oxygen atoms in total. The van der Waals surface area contributed by atoms with Crippen LogP contribution < -0.4 is 15.4 Å². The van der Waals surface area contributed by atoms with E-state index in [9.17, 15) is 0 Å². The smallest absolute Gasteiger partial charge is 0.233 e. The van der Waals surface area contributed by atoms with Gasteiger partial charge in [0.05, 0.1) is 19.5 Å². The maximum absolute atomic E-state index is 5.80. The van der Waals surface area contributed by atoms with Crippen molar-refractivity contribution >= 4 is 5.82 Å². The van der Waals surface area contributed by atoms with E-state index in [2.05, 4.69) is 26.7 Å². The summed E-state index contributed by atoms with van der Waals surface area (Å²) in [5.74, 6) is 1.45. The van der Waals surface area contributed by atoms with Gasteiger partial charge in [0.15, 0.2) is 5.82 Å². The van der Waals surface area contributed by atoms with E-state index in [1.54, 1.807) is 19.5 Å². The van der Waals surface area contributed by atoms with Crippen LogP contribution in [0.15, 0.2) is 12.4 Å². The van der Waals surface area contributed by atoms with Gasteiger partial charge in [0, 0.05) is 38.8 Å². The summed E-state index contributed by atoms with van der Waals surface area (Å²) in [5.41, 5.74) is 5.80. The fourth-order valence-electron chi connectivity index (χ4n) is 2.48. The summed E-state index contributed by atoms with van der Waals surface area (Å²) in [5, 5.41) is 0. The minimum absolute atomic E-state index is 0.499. The Bertz CT molecular complexity index is 388. The zero-order valence-corrected chi connectivity index (χ0v) is 11.7. The number of rotatable bonds is 5. The lowest BCUT2D eigenvalue weighted by atomic mass is 10.1. The highest BCUT2D eigenvalue weighted by molar-refractivity contribution is 5.38. The van der Waals surface area contributed by atoms with Gasteiger partial charge in [-0.05, 0) is 6.42 Å². The second kappa shape index (κ2) is 6.68. The molecule has 1 saturated heterocycles. The van der Waals surface area contributed by atoms with Gasteiger partial charge in [-0.15, -0.1) is 0 Å². The molecule has 0 spiro atoms. The highest BCUT2D eigenvalue weighted by Crippen LogP contribution is 2.17. The molecule has 1 aliphatic heterocycles. The Hall–Kier alpha value is -1.40. The Morgan fingerprint density at radius 1 is 1.32 bits per heavy atom. The summed E-state index contributed by atoms with van der Waals surface area (Å²) in [7, 11) is 1.61. The van der Waals surface area contributed by atoms with Crippen LogP contribution in [0, 0.1) is 0 Å². The minimum Gasteiger partial charge on any atom is -0.480 e. The number of nitrogens with zero attached hydrogens (tertiary/aromatic N) is 4. The van der Waals surface area contributed by atoms with Gasteiger partial charge in [-0.25, -0.2) is 0 Å². The molecule has 1 aromatic heterocycles. The molecular weight excluding hydrogens is 242 g/mol. The van der Waals surface area contributed by atoms with Crippen LogP contribution >= 0.6 is 0 Å². The van der Waals surface area contributed by atoms with E-state index in [-0.39, 0.29) is 0 Å². The zero-order valence-electron chi connectivity index (χ0n) is 11.7. The highest BCUT2D eigenvalue weighted by atomic mass is 16.5. The van der Waals surface area contributed by atoms with E-state index in [4.69, 9.17) is 10.5 Å². The van der Waals surface area contributed by atoms with Crippen LogP contribution in [0.3, 0.4) is 0 Å². The number of nitrogens with two attached hydrogens (primary N) is 1. The number of anilines is 1. The summed E-state index contributed by atoms with van der Waals surface area (Å²) in [6, 6.07) is 0.499. The molecule has 2 heterocycles. The quantitative estimate of drug-likeness (QED) is 0.828. The van der Waals surface area contributed by atoms with Gasteiger partial charge in [-0.1, -0.05) is 6.92 Å². The van der Waals surface area contributed by atoms with Gasteiger partial charge in [0.2, 0.25) is 5.88 Å². The maximum Gasteiger partial charge on any atom is 0.233 e. The van der Waals surface area contributed by atoms with E-state index < -0.39 is 0 Å². The zero-order chi connectivity index (χ0) is 13.7. The average molecular weight is 265 g/mol. The third-order valence-corrected chi connectivity index (χ3v) is 3.71. The van der Waals surface area contributed by atoms with Crippen molar-refractivity contribution < 1.29 is 4.74 Å². The van der Waals surface area contributed by atoms with Crippen molar-refractivity contribution in [3.8, 4) is 5.88 Å². The maximum atomic E-state index is 5.80. The van der Waals surface area contributed by atoms with Crippen LogP contribution in [0.25, 0.3) is 0 Å². The van der Waals surface area contributed by atoms with E-state index in [0.717, 1.165) is 45.0 Å². The number of hydrogen-bond donors (Lipinski definition) is 1. The average Bonchev–Trinajstić information content (AvgIpc) is 2.49. The first-order valence-electron chi connectivity index (χ1n) is 6.83. The molecule has 6 heteroatoms. The molecule has 106 valence electrons. The first-order chi connectivity index (χ1) is 9.28. The van der Waals surface area contributed by atoms with Gasteiger partial charge in [0.1, 0.15) is 0 Å². The van der Waals surface area contributed by atoms with Crippen LogP contribution in [0.5, 0.6) is 5.88 Å². The van der Waals surface area contributed by atoms with Crippen molar-refractivity contribution in [2.75, 3.05) is 44.7 Å². The Morgan fingerprint density at radius 2 is 2.05 bits per heavy atom. The molecule has 1 unspecified atom stereocenters. The third-order valence-electron chi connectivity index (χ3n) is 3.71. The van der Waals surface area contributed by atoms with Crippen molar-refractivity contribution in [1.82, 2.24) is 14.9 Å². The van der Waals surface area contributed by atoms with Gasteiger partial charge < -0.3 is 15.4 Å². The van der Waals surface area contributed by atoms with Gasteiger partial charge >= 0.3 is 0 Å². The summed E-state index contributed by atoms with van der Waals surface area (Å²) in [4.78, 5) is 13.3. The Kier molecular flexibility index (Phi) is 4.93. The first kappa shape index (κ1) is 14.0. The van der Waals surface area contributed by atoms with E-state index in [0.29, 0.717) is 11.9 Å². The Morgan fingerprint density at radius 3 is 2.63 bits per heavy atom. The number of methoxy groups -OCH3 is 1. The largest absolute Gasteiger partial charge is 0.480 e. The fraction of sp³-hybridized carbons (Fsp3) is 0.692. The summed E-state index contributed by atoms with van der Waals surface area (Å²) in [6.45, 7) is 6.88. The topological polar surface area (TPSA) is 67.5 Å². The van der Waals surface area contributed by atoms with Crippen molar-refractivity contribution in [2.45, 2.75) is 19.4 Å². The lowest BCUT2D eigenvalue weighted by Gasteiger charge is -2.39. The third kappa shape index (κ3) is 3.33. The Balaban J connectivity index is 1.95. The Labute approximate surface area is 114 Å². The second-order valence-electron chi connectivity index (χ2n) is 4.74. The SMILES string of the molecule is CCC(CN)N1CCN(c2cncc(OC)n2)CC1. The van der Waals surface area contributed by atoms with Gasteiger partial charge in [0.25, 0.3) is 0 Å². The molecule has 0 amide bonds. The number of hydrogen-bond acceptors (Lipinski definition) is 6. The molecule has 1 fully saturated rings. The molecule has 0 saturated carbocycles. The van der Waals surface area contributed by atoms with Crippen molar-refractivity contribution in [3.63, 3.8) is 0 Å². The highest BCUT2D eigenvalue weighted by Gasteiger charge is 2.22. The molecular formula is C13H23N5O. The molecule has 1 aliphatic rings. The standard InChI is InChI=1S/C13H23N5O/c1-3-11(8-14)17-4-6-18(7-5-17)12-9-15-10-13(16-12)19-2/h9-11H,3-8,14H2,1-2H3. The monoisotopic (exact) mass is 265 g/mol. The van der Waals surface area contributed by atoms with E-state index >= 15 is 0 Å². The molecule has 1 aromatic rings. The molecule has 2 N–H and O–H groups in total. The predicted molar refractivity (Wildman–Crippen MR) is 75.5 cm³/mol. The van der Waals surface area contributed by atoms with Crippen LogP contribution in [-0.2, 0) is 0 Å². The molecule has 0 aromatic carbocycles. The van der Waals surface area contributed by atoms with Crippen LogP contribution in [0.4, 0.5) is 5.82 Å². The normalized spacial score (nSPS) is 18.4. The number of aromatic nitrogens is 2. The second-order valence-corrected chi connectivity index (χ2v) is 4.74. The molecule has 0 radical (unpaired) electrons. The van der Waals surface area contributed by atoms with Crippen molar-refractivity contribution in [2.24, 2.45) is 5.73 Å². The molecule has 0 bridgehead atoms. The van der Waals surface area contributed by atoms with Gasteiger partial charge in [-0.3, -0.25) is 9.88 Å². The van der Waals surface area contributed by atoms with Gasteiger partial charge in [-0.2, -0.15) is 4.98 Å². The van der Waals surface area contributed by atoms with E-state index in [1.807, 2.05) is 0 Å². The lowest BCUT2D eigenvalue weighted by Crippen LogP contribution is -2.52. The van der Waals surface area contributed by atoms with Crippen molar-refractivity contribution in [1.29, 1.82) is 0 Å². The van der Waals surface area contributed by atoms with Crippen LogP contribution in [-0.4, -0.2) is 60.7 Å². The molecule has 2 rings (SSSR count). The van der Waals surface area contributed by atoms with Crippen LogP contribution in [0.2, 0.25) is 0 Å². The number of ether oxygens (including phenoxy) is 1.